The molecule has 0 bridgehead atoms. The van der Waals surface area contributed by atoms with Crippen molar-refractivity contribution in [2.75, 3.05) is 26.3 Å². The zero-order valence-corrected chi connectivity index (χ0v) is 18.1. The maximum Gasteiger partial charge on any atom is 0.261 e. The van der Waals surface area contributed by atoms with Crippen molar-refractivity contribution < 1.29 is 19.1 Å². The molecule has 8 heteroatoms. The van der Waals surface area contributed by atoms with Gasteiger partial charge in [-0.3, -0.25) is 9.59 Å². The molecule has 30 heavy (non-hydrogen) atoms. The zero-order chi connectivity index (χ0) is 21.0. The molecule has 2 heterocycles. The number of rotatable bonds is 12. The lowest BCUT2D eigenvalue weighted by molar-refractivity contribution is 0.0947. The second-order valence-corrected chi connectivity index (χ2v) is 8.24. The highest BCUT2D eigenvalue weighted by Gasteiger charge is 2.06. The van der Waals surface area contributed by atoms with Crippen LogP contribution in [0.3, 0.4) is 0 Å². The Morgan fingerprint density at radius 3 is 1.50 bits per heavy atom. The molecule has 6 nitrogen and oxygen atoms in total. The van der Waals surface area contributed by atoms with Crippen molar-refractivity contribution >= 4 is 34.5 Å². The number of amides is 2. The minimum absolute atomic E-state index is 0.0439. The third-order valence-corrected chi connectivity index (χ3v) is 5.80. The number of ether oxygens (including phenoxy) is 2. The first-order chi connectivity index (χ1) is 14.7. The van der Waals surface area contributed by atoms with Crippen LogP contribution in [0.2, 0.25) is 0 Å². The maximum atomic E-state index is 11.8. The first-order valence-electron chi connectivity index (χ1n) is 9.71. The molecule has 2 N–H and O–H groups in total. The Bertz CT molecular complexity index is 819. The van der Waals surface area contributed by atoms with Gasteiger partial charge < -0.3 is 20.1 Å². The van der Waals surface area contributed by atoms with Gasteiger partial charge in [-0.1, -0.05) is 12.1 Å². The summed E-state index contributed by atoms with van der Waals surface area (Å²) in [5.41, 5.74) is 0. The Labute approximate surface area is 183 Å². The fourth-order valence-electron chi connectivity index (χ4n) is 2.55. The fourth-order valence-corrected chi connectivity index (χ4v) is 3.83. The van der Waals surface area contributed by atoms with Crippen LogP contribution in [0.15, 0.2) is 59.3 Å². The summed E-state index contributed by atoms with van der Waals surface area (Å²) in [7, 11) is 0. The Morgan fingerprint density at radius 1 is 0.700 bits per heavy atom. The van der Waals surface area contributed by atoms with E-state index >= 15 is 0 Å². The summed E-state index contributed by atoms with van der Waals surface area (Å²) in [6.45, 7) is 2.19. The second kappa shape index (κ2) is 12.0. The van der Waals surface area contributed by atoms with E-state index in [-0.39, 0.29) is 11.8 Å². The van der Waals surface area contributed by atoms with Crippen molar-refractivity contribution in [1.29, 1.82) is 0 Å². The lowest BCUT2D eigenvalue weighted by Crippen LogP contribution is -2.24. The van der Waals surface area contributed by atoms with Crippen LogP contribution in [0, 0.1) is 0 Å². The van der Waals surface area contributed by atoms with Crippen molar-refractivity contribution in [1.82, 2.24) is 10.6 Å². The van der Waals surface area contributed by atoms with E-state index < -0.39 is 0 Å². The number of carbonyl (C=O) groups is 2. The highest BCUT2D eigenvalue weighted by molar-refractivity contribution is 7.12. The predicted molar refractivity (Wildman–Crippen MR) is 120 cm³/mol. The van der Waals surface area contributed by atoms with Crippen molar-refractivity contribution in [2.45, 2.75) is 12.8 Å². The number of carbonyl (C=O) groups excluding carboxylic acids is 2. The van der Waals surface area contributed by atoms with E-state index in [9.17, 15) is 9.59 Å². The number of hydrogen-bond donors (Lipinski definition) is 2. The third kappa shape index (κ3) is 7.20. The number of thiophene rings is 2. The van der Waals surface area contributed by atoms with Crippen molar-refractivity contribution in [3.8, 4) is 11.5 Å². The standard InChI is InChI=1S/C22H24N2O4S2/c25-21(19-5-1-15-29-19)23-11-3-13-27-17-7-9-18(10-8-17)28-14-4-12-24-22(26)20-6-2-16-30-20/h1-2,5-10,15-16H,3-4,11-14H2,(H,23,25)(H,24,26). The molecule has 0 aliphatic heterocycles. The quantitative estimate of drug-likeness (QED) is 0.410. The summed E-state index contributed by atoms with van der Waals surface area (Å²) in [6.07, 6.45) is 1.46. The van der Waals surface area contributed by atoms with Crippen LogP contribution in [0.5, 0.6) is 11.5 Å². The fraction of sp³-hybridized carbons (Fsp3) is 0.273. The van der Waals surface area contributed by atoms with Crippen LogP contribution in [-0.2, 0) is 0 Å². The van der Waals surface area contributed by atoms with Crippen LogP contribution in [-0.4, -0.2) is 38.1 Å². The molecule has 2 aromatic heterocycles. The normalized spacial score (nSPS) is 10.4. The topological polar surface area (TPSA) is 76.7 Å². The van der Waals surface area contributed by atoms with E-state index in [1.165, 1.54) is 22.7 Å². The summed E-state index contributed by atoms with van der Waals surface area (Å²) < 4.78 is 11.4. The number of nitrogens with one attached hydrogen (secondary N) is 2. The Balaban J connectivity index is 1.24. The van der Waals surface area contributed by atoms with E-state index in [1.807, 2.05) is 47.2 Å². The summed E-state index contributed by atoms with van der Waals surface area (Å²) in [5.74, 6) is 1.43. The van der Waals surface area contributed by atoms with Gasteiger partial charge in [0.25, 0.3) is 11.8 Å². The zero-order valence-electron chi connectivity index (χ0n) is 16.5. The molecule has 0 aliphatic rings. The molecule has 0 aliphatic carbocycles. The van der Waals surface area contributed by atoms with Gasteiger partial charge in [-0.15, -0.1) is 22.7 Å². The molecule has 0 atom stereocenters. The first kappa shape index (κ1) is 21.9. The lowest BCUT2D eigenvalue weighted by atomic mass is 10.3. The molecule has 0 saturated heterocycles. The summed E-state index contributed by atoms with van der Waals surface area (Å²) >= 11 is 2.86. The van der Waals surface area contributed by atoms with Gasteiger partial charge in [-0.05, 0) is 60.0 Å². The monoisotopic (exact) mass is 444 g/mol. The van der Waals surface area contributed by atoms with Gasteiger partial charge in [0.2, 0.25) is 0 Å². The average molecular weight is 445 g/mol. The minimum atomic E-state index is -0.0439. The van der Waals surface area contributed by atoms with E-state index in [2.05, 4.69) is 10.6 Å². The summed E-state index contributed by atoms with van der Waals surface area (Å²) in [5, 5.41) is 9.52. The minimum Gasteiger partial charge on any atom is -0.494 e. The number of hydrogen-bond acceptors (Lipinski definition) is 6. The first-order valence-corrected chi connectivity index (χ1v) is 11.5. The van der Waals surface area contributed by atoms with Gasteiger partial charge in [-0.2, -0.15) is 0 Å². The van der Waals surface area contributed by atoms with E-state index in [0.717, 1.165) is 34.1 Å². The van der Waals surface area contributed by atoms with E-state index in [1.54, 1.807) is 12.1 Å². The van der Waals surface area contributed by atoms with Crippen LogP contribution in [0.4, 0.5) is 0 Å². The number of benzene rings is 1. The molecule has 0 saturated carbocycles. The van der Waals surface area contributed by atoms with E-state index in [4.69, 9.17) is 9.47 Å². The van der Waals surface area contributed by atoms with Crippen LogP contribution >= 0.6 is 22.7 Å². The predicted octanol–water partition coefficient (Wildman–Crippen LogP) is 4.21. The Hall–Kier alpha value is -2.84. The molecular weight excluding hydrogens is 420 g/mol. The second-order valence-electron chi connectivity index (χ2n) is 6.34. The third-order valence-electron chi connectivity index (χ3n) is 4.06. The SMILES string of the molecule is O=C(NCCCOc1ccc(OCCCNC(=O)c2cccs2)cc1)c1cccs1. The van der Waals surface area contributed by atoms with Gasteiger partial charge in [0.05, 0.1) is 23.0 Å². The van der Waals surface area contributed by atoms with Crippen molar-refractivity contribution in [3.63, 3.8) is 0 Å². The highest BCUT2D eigenvalue weighted by atomic mass is 32.1. The molecular formula is C22H24N2O4S2. The van der Waals surface area contributed by atoms with Gasteiger partial charge in [0, 0.05) is 13.1 Å². The average Bonchev–Trinajstić information content (AvgIpc) is 3.48. The van der Waals surface area contributed by atoms with Crippen molar-refractivity contribution in [3.05, 3.63) is 69.0 Å². The molecule has 0 radical (unpaired) electrons. The molecule has 3 aromatic rings. The highest BCUT2D eigenvalue weighted by Crippen LogP contribution is 2.18. The molecule has 158 valence electrons. The van der Waals surface area contributed by atoms with Crippen LogP contribution in [0.25, 0.3) is 0 Å². The van der Waals surface area contributed by atoms with Gasteiger partial charge in [0.1, 0.15) is 11.5 Å². The molecule has 0 spiro atoms. The maximum absolute atomic E-state index is 11.8. The van der Waals surface area contributed by atoms with Crippen LogP contribution < -0.4 is 20.1 Å². The van der Waals surface area contributed by atoms with E-state index in [0.29, 0.717) is 26.3 Å². The van der Waals surface area contributed by atoms with Gasteiger partial charge in [-0.25, -0.2) is 0 Å². The molecule has 0 fully saturated rings. The summed E-state index contributed by atoms with van der Waals surface area (Å²) in [6, 6.07) is 14.8. The Kier molecular flexibility index (Phi) is 8.74. The molecule has 0 unspecified atom stereocenters. The van der Waals surface area contributed by atoms with Crippen molar-refractivity contribution in [2.24, 2.45) is 0 Å². The van der Waals surface area contributed by atoms with Gasteiger partial charge >= 0.3 is 0 Å². The molecule has 2 amide bonds. The summed E-state index contributed by atoms with van der Waals surface area (Å²) in [4.78, 5) is 25.1. The lowest BCUT2D eigenvalue weighted by Gasteiger charge is -2.09. The molecule has 3 rings (SSSR count). The molecule has 1 aromatic carbocycles. The largest absolute Gasteiger partial charge is 0.494 e. The van der Waals surface area contributed by atoms with Crippen LogP contribution in [0.1, 0.15) is 32.2 Å². The Morgan fingerprint density at radius 2 is 1.13 bits per heavy atom. The van der Waals surface area contributed by atoms with Gasteiger partial charge in [0.15, 0.2) is 0 Å². The smallest absolute Gasteiger partial charge is 0.261 e.